The molecule has 33 heavy (non-hydrogen) atoms. The molecule has 2 aliphatic heterocycles. The molecule has 9 heteroatoms. The Morgan fingerprint density at radius 3 is 2.67 bits per heavy atom. The third-order valence-electron chi connectivity index (χ3n) is 6.15. The van der Waals surface area contributed by atoms with Gasteiger partial charge in [-0.3, -0.25) is 4.79 Å². The van der Waals surface area contributed by atoms with Crippen molar-refractivity contribution in [2.45, 2.75) is 24.8 Å². The molecule has 0 radical (unpaired) electrons. The Morgan fingerprint density at radius 2 is 1.97 bits per heavy atom. The number of rotatable bonds is 6. The SMILES string of the molecule is N=Cc1ccc(-c2nc(C3CCN(C(=O)c4ccccc4F)CC3)no2)cc1NC1COC1. The lowest BCUT2D eigenvalue weighted by Crippen LogP contribution is -2.40. The van der Waals surface area contributed by atoms with Gasteiger partial charge in [-0.05, 0) is 37.1 Å². The first-order valence-corrected chi connectivity index (χ1v) is 11.0. The minimum Gasteiger partial charge on any atom is -0.377 e. The Morgan fingerprint density at radius 1 is 1.18 bits per heavy atom. The average molecular weight is 449 g/mol. The number of halogens is 1. The summed E-state index contributed by atoms with van der Waals surface area (Å²) < 4.78 is 24.7. The summed E-state index contributed by atoms with van der Waals surface area (Å²) >= 11 is 0. The van der Waals surface area contributed by atoms with Crippen molar-refractivity contribution in [1.29, 1.82) is 5.41 Å². The van der Waals surface area contributed by atoms with Crippen molar-refractivity contribution in [3.8, 4) is 11.5 Å². The average Bonchev–Trinajstić information content (AvgIpc) is 3.32. The van der Waals surface area contributed by atoms with Crippen molar-refractivity contribution < 1.29 is 18.4 Å². The number of aromatic nitrogens is 2. The van der Waals surface area contributed by atoms with Gasteiger partial charge in [0.05, 0.1) is 24.8 Å². The van der Waals surface area contributed by atoms with Gasteiger partial charge >= 0.3 is 0 Å². The maximum atomic E-state index is 14.0. The molecule has 2 aromatic carbocycles. The lowest BCUT2D eigenvalue weighted by Gasteiger charge is -2.30. The number of piperidine rings is 1. The van der Waals surface area contributed by atoms with Gasteiger partial charge in [-0.1, -0.05) is 23.4 Å². The van der Waals surface area contributed by atoms with Gasteiger partial charge in [0.25, 0.3) is 11.8 Å². The van der Waals surface area contributed by atoms with E-state index in [0.717, 1.165) is 16.8 Å². The molecule has 5 rings (SSSR count). The smallest absolute Gasteiger partial charge is 0.258 e. The predicted molar refractivity (Wildman–Crippen MR) is 120 cm³/mol. The number of carbonyl (C=O) groups is 1. The summed E-state index contributed by atoms with van der Waals surface area (Å²) in [6, 6.07) is 11.9. The molecule has 8 nitrogen and oxygen atoms in total. The summed E-state index contributed by atoms with van der Waals surface area (Å²) in [7, 11) is 0. The molecule has 2 N–H and O–H groups in total. The highest BCUT2D eigenvalue weighted by atomic mass is 19.1. The monoisotopic (exact) mass is 449 g/mol. The van der Waals surface area contributed by atoms with E-state index in [9.17, 15) is 9.18 Å². The van der Waals surface area contributed by atoms with Crippen LogP contribution in [-0.4, -0.2) is 59.5 Å². The number of hydrogen-bond acceptors (Lipinski definition) is 7. The normalized spacial score (nSPS) is 16.9. The van der Waals surface area contributed by atoms with Crippen LogP contribution in [0.5, 0.6) is 0 Å². The maximum absolute atomic E-state index is 14.0. The van der Waals surface area contributed by atoms with Crippen LogP contribution in [0.1, 0.15) is 40.5 Å². The topological polar surface area (TPSA) is 104 Å². The highest BCUT2D eigenvalue weighted by Crippen LogP contribution is 2.30. The number of ether oxygens (including phenoxy) is 1. The van der Waals surface area contributed by atoms with Crippen LogP contribution in [0.4, 0.5) is 10.1 Å². The molecule has 2 aliphatic rings. The first-order chi connectivity index (χ1) is 16.1. The van der Waals surface area contributed by atoms with Crippen molar-refractivity contribution in [3.63, 3.8) is 0 Å². The molecule has 2 saturated heterocycles. The van der Waals surface area contributed by atoms with E-state index in [4.69, 9.17) is 14.7 Å². The third-order valence-corrected chi connectivity index (χ3v) is 6.15. The van der Waals surface area contributed by atoms with Gasteiger partial charge in [-0.15, -0.1) is 0 Å². The minimum atomic E-state index is -0.500. The molecule has 1 aromatic heterocycles. The van der Waals surface area contributed by atoms with E-state index in [1.807, 2.05) is 18.2 Å². The molecule has 3 heterocycles. The van der Waals surface area contributed by atoms with Crippen molar-refractivity contribution in [1.82, 2.24) is 15.0 Å². The highest BCUT2D eigenvalue weighted by molar-refractivity contribution is 5.94. The zero-order valence-corrected chi connectivity index (χ0v) is 18.0. The molecule has 3 aromatic rings. The summed E-state index contributed by atoms with van der Waals surface area (Å²) in [6.07, 6.45) is 2.67. The third kappa shape index (κ3) is 4.36. The first kappa shape index (κ1) is 21.3. The standard InChI is InChI=1S/C24H24FN5O3/c25-20-4-2-1-3-19(20)24(31)30-9-7-15(8-10-30)22-28-23(33-29-22)16-5-6-17(12-26)21(11-16)27-18-13-32-14-18/h1-6,11-12,15,18,26-27H,7-10,13-14H2. The molecule has 0 spiro atoms. The summed E-state index contributed by atoms with van der Waals surface area (Å²) in [4.78, 5) is 18.9. The van der Waals surface area contributed by atoms with Gasteiger partial charge in [0.1, 0.15) is 5.82 Å². The number of nitrogens with zero attached hydrogens (tertiary/aromatic N) is 3. The number of anilines is 1. The van der Waals surface area contributed by atoms with Crippen LogP contribution in [0.2, 0.25) is 0 Å². The van der Waals surface area contributed by atoms with E-state index in [1.165, 1.54) is 18.3 Å². The quantitative estimate of drug-likeness (QED) is 0.556. The molecule has 170 valence electrons. The predicted octanol–water partition coefficient (Wildman–Crippen LogP) is 3.70. The highest BCUT2D eigenvalue weighted by Gasteiger charge is 2.29. The number of amides is 1. The summed E-state index contributed by atoms with van der Waals surface area (Å²) in [5, 5.41) is 15.2. The largest absolute Gasteiger partial charge is 0.377 e. The van der Waals surface area contributed by atoms with Crippen LogP contribution >= 0.6 is 0 Å². The van der Waals surface area contributed by atoms with Gasteiger partial charge in [-0.25, -0.2) is 4.39 Å². The molecule has 0 bridgehead atoms. The number of carbonyl (C=O) groups excluding carboxylic acids is 1. The van der Waals surface area contributed by atoms with Gasteiger partial charge < -0.3 is 24.9 Å². The lowest BCUT2D eigenvalue weighted by atomic mass is 9.95. The van der Waals surface area contributed by atoms with Crippen molar-refractivity contribution >= 4 is 17.8 Å². The van der Waals surface area contributed by atoms with Crippen LogP contribution in [0.15, 0.2) is 47.0 Å². The van der Waals surface area contributed by atoms with Gasteiger partial charge in [0.15, 0.2) is 5.82 Å². The summed E-state index contributed by atoms with van der Waals surface area (Å²) in [5.41, 5.74) is 2.48. The molecule has 0 aliphatic carbocycles. The van der Waals surface area contributed by atoms with Crippen molar-refractivity contribution in [3.05, 3.63) is 65.2 Å². The van der Waals surface area contributed by atoms with E-state index in [1.54, 1.807) is 17.0 Å². The maximum Gasteiger partial charge on any atom is 0.258 e. The first-order valence-electron chi connectivity index (χ1n) is 11.0. The fraction of sp³-hybridized carbons (Fsp3) is 0.333. The molecular formula is C24H24FN5O3. The molecule has 0 unspecified atom stereocenters. The van der Waals surface area contributed by atoms with Crippen molar-refractivity contribution in [2.24, 2.45) is 0 Å². The van der Waals surface area contributed by atoms with E-state index in [0.29, 0.717) is 50.9 Å². The Kier molecular flexibility index (Phi) is 5.87. The minimum absolute atomic E-state index is 0.0674. The van der Waals surface area contributed by atoms with E-state index in [-0.39, 0.29) is 23.4 Å². The number of nitrogens with one attached hydrogen (secondary N) is 2. The second-order valence-electron chi connectivity index (χ2n) is 8.33. The molecule has 0 saturated carbocycles. The molecule has 0 atom stereocenters. The second-order valence-corrected chi connectivity index (χ2v) is 8.33. The zero-order chi connectivity index (χ0) is 22.8. The Labute approximate surface area is 190 Å². The molecular weight excluding hydrogens is 425 g/mol. The Balaban J connectivity index is 1.26. The van der Waals surface area contributed by atoms with Crippen LogP contribution in [0.25, 0.3) is 11.5 Å². The van der Waals surface area contributed by atoms with Gasteiger partial charge in [0.2, 0.25) is 0 Å². The van der Waals surface area contributed by atoms with E-state index < -0.39 is 5.82 Å². The summed E-state index contributed by atoms with van der Waals surface area (Å²) in [6.45, 7) is 2.30. The number of likely N-dealkylation sites (tertiary alicyclic amines) is 1. The van der Waals surface area contributed by atoms with Crippen molar-refractivity contribution in [2.75, 3.05) is 31.6 Å². The number of hydrogen-bond donors (Lipinski definition) is 2. The fourth-order valence-corrected chi connectivity index (χ4v) is 4.14. The van der Waals surface area contributed by atoms with E-state index >= 15 is 0 Å². The van der Waals surface area contributed by atoms with Gasteiger partial charge in [-0.2, -0.15) is 4.98 Å². The lowest BCUT2D eigenvalue weighted by molar-refractivity contribution is 0.0211. The van der Waals surface area contributed by atoms with Crippen LogP contribution in [-0.2, 0) is 4.74 Å². The van der Waals surface area contributed by atoms with Gasteiger partial charge in [0, 0.05) is 42.0 Å². The second kappa shape index (κ2) is 9.11. The molecule has 1 amide bonds. The van der Waals surface area contributed by atoms with E-state index in [2.05, 4.69) is 15.5 Å². The van der Waals surface area contributed by atoms with Crippen LogP contribution in [0.3, 0.4) is 0 Å². The number of benzene rings is 2. The Hall–Kier alpha value is -3.59. The fourth-order valence-electron chi connectivity index (χ4n) is 4.14. The van der Waals surface area contributed by atoms with Crippen LogP contribution in [0, 0.1) is 11.2 Å². The Bertz CT molecular complexity index is 1170. The summed E-state index contributed by atoms with van der Waals surface area (Å²) in [5.74, 6) is 0.307. The molecule has 2 fully saturated rings. The zero-order valence-electron chi connectivity index (χ0n) is 18.0. The van der Waals surface area contributed by atoms with Crippen LogP contribution < -0.4 is 5.32 Å².